The van der Waals surface area contributed by atoms with Crippen molar-refractivity contribution in [2.24, 2.45) is 4.99 Å². The normalized spacial score (nSPS) is 18.8. The van der Waals surface area contributed by atoms with Gasteiger partial charge in [-0.3, -0.25) is 4.99 Å². The molecule has 1 unspecified atom stereocenters. The molecule has 2 aromatic rings. The number of ether oxygens (including phenoxy) is 2. The van der Waals surface area contributed by atoms with E-state index >= 15 is 0 Å². The van der Waals surface area contributed by atoms with Crippen molar-refractivity contribution in [2.75, 3.05) is 14.2 Å². The van der Waals surface area contributed by atoms with Crippen LogP contribution in [0.15, 0.2) is 23.2 Å². The van der Waals surface area contributed by atoms with Gasteiger partial charge in [0.15, 0.2) is 5.96 Å². The molecular formula is C22H33IN6O2. The maximum Gasteiger partial charge on any atom is 0.191 e. The standard InChI is InChI=1S/C22H32N6O2.HI/c1-15-25-21-11-9-17(14-28(21)27-15)26-22(23-2)24-13-16-8-10-19(29-3)12-20(16)30-18-6-4-5-7-18;/h8,10,12,17-18H,4-7,9,11,13-14H2,1-3H3,(H2,23,24,26);1H. The molecule has 1 fully saturated rings. The Bertz CT molecular complexity index is 894. The molecule has 1 aromatic carbocycles. The van der Waals surface area contributed by atoms with Gasteiger partial charge in [0.05, 0.1) is 19.8 Å². The van der Waals surface area contributed by atoms with Crippen molar-refractivity contribution in [3.8, 4) is 11.5 Å². The molecule has 4 rings (SSSR count). The first-order valence-electron chi connectivity index (χ1n) is 10.9. The number of aromatic nitrogens is 3. The van der Waals surface area contributed by atoms with E-state index in [0.29, 0.717) is 12.6 Å². The van der Waals surface area contributed by atoms with Gasteiger partial charge < -0.3 is 20.1 Å². The maximum absolute atomic E-state index is 6.31. The van der Waals surface area contributed by atoms with Gasteiger partial charge in [-0.05, 0) is 51.2 Å². The van der Waals surface area contributed by atoms with Crippen LogP contribution >= 0.6 is 24.0 Å². The van der Waals surface area contributed by atoms with E-state index in [0.717, 1.165) is 66.9 Å². The van der Waals surface area contributed by atoms with E-state index in [-0.39, 0.29) is 30.0 Å². The summed E-state index contributed by atoms with van der Waals surface area (Å²) in [4.78, 5) is 8.89. The van der Waals surface area contributed by atoms with Gasteiger partial charge in [0.25, 0.3) is 0 Å². The minimum absolute atomic E-state index is 0. The monoisotopic (exact) mass is 540 g/mol. The van der Waals surface area contributed by atoms with Crippen molar-refractivity contribution in [1.82, 2.24) is 25.4 Å². The number of hydrogen-bond acceptors (Lipinski definition) is 5. The molecule has 8 nitrogen and oxygen atoms in total. The lowest BCUT2D eigenvalue weighted by Crippen LogP contribution is -2.46. The van der Waals surface area contributed by atoms with Crippen molar-refractivity contribution in [1.29, 1.82) is 0 Å². The quantitative estimate of drug-likeness (QED) is 0.333. The second kappa shape index (κ2) is 11.0. The van der Waals surface area contributed by atoms with Gasteiger partial charge >= 0.3 is 0 Å². The van der Waals surface area contributed by atoms with Crippen molar-refractivity contribution < 1.29 is 9.47 Å². The Morgan fingerprint density at radius 2 is 2.06 bits per heavy atom. The van der Waals surface area contributed by atoms with Gasteiger partial charge in [-0.1, -0.05) is 0 Å². The van der Waals surface area contributed by atoms with Gasteiger partial charge in [0.1, 0.15) is 23.1 Å². The van der Waals surface area contributed by atoms with E-state index in [9.17, 15) is 0 Å². The number of aliphatic imine (C=N–C) groups is 1. The average molecular weight is 540 g/mol. The number of fused-ring (bicyclic) bond motifs is 1. The van der Waals surface area contributed by atoms with Gasteiger partial charge in [-0.2, -0.15) is 5.10 Å². The molecule has 0 bridgehead atoms. The highest BCUT2D eigenvalue weighted by Crippen LogP contribution is 2.30. The molecule has 9 heteroatoms. The summed E-state index contributed by atoms with van der Waals surface area (Å²) in [5.41, 5.74) is 1.10. The van der Waals surface area contributed by atoms with Crippen molar-refractivity contribution in [3.63, 3.8) is 0 Å². The zero-order valence-corrected chi connectivity index (χ0v) is 20.9. The molecule has 1 saturated carbocycles. The Morgan fingerprint density at radius 1 is 1.26 bits per heavy atom. The number of benzene rings is 1. The first-order valence-corrected chi connectivity index (χ1v) is 10.9. The summed E-state index contributed by atoms with van der Waals surface area (Å²) >= 11 is 0. The Kier molecular flexibility index (Phi) is 8.39. The van der Waals surface area contributed by atoms with E-state index in [1.54, 1.807) is 14.2 Å². The number of methoxy groups -OCH3 is 1. The van der Waals surface area contributed by atoms with Crippen LogP contribution in [0.1, 0.15) is 49.3 Å². The van der Waals surface area contributed by atoms with Gasteiger partial charge in [-0.25, -0.2) is 9.67 Å². The zero-order valence-electron chi connectivity index (χ0n) is 18.6. The van der Waals surface area contributed by atoms with E-state index in [1.807, 2.05) is 23.7 Å². The Morgan fingerprint density at radius 3 is 2.81 bits per heavy atom. The summed E-state index contributed by atoms with van der Waals surface area (Å²) in [6, 6.07) is 6.30. The highest BCUT2D eigenvalue weighted by atomic mass is 127. The van der Waals surface area contributed by atoms with E-state index < -0.39 is 0 Å². The lowest BCUT2D eigenvalue weighted by molar-refractivity contribution is 0.207. The number of nitrogens with one attached hydrogen (secondary N) is 2. The fourth-order valence-electron chi connectivity index (χ4n) is 4.22. The highest BCUT2D eigenvalue weighted by Gasteiger charge is 2.22. The number of guanidine groups is 1. The second-order valence-corrected chi connectivity index (χ2v) is 8.06. The molecule has 1 aromatic heterocycles. The molecule has 0 saturated heterocycles. The predicted molar refractivity (Wildman–Crippen MR) is 131 cm³/mol. The van der Waals surface area contributed by atoms with Crippen molar-refractivity contribution in [2.45, 2.75) is 70.7 Å². The Balaban J connectivity index is 0.00000272. The van der Waals surface area contributed by atoms with Gasteiger partial charge in [0.2, 0.25) is 0 Å². The molecular weight excluding hydrogens is 507 g/mol. The second-order valence-electron chi connectivity index (χ2n) is 8.06. The average Bonchev–Trinajstić information content (AvgIpc) is 3.39. The van der Waals surface area contributed by atoms with E-state index in [4.69, 9.17) is 9.47 Å². The molecule has 1 atom stereocenters. The molecule has 0 spiro atoms. The summed E-state index contributed by atoms with van der Waals surface area (Å²) in [6.07, 6.45) is 6.97. The van der Waals surface area contributed by atoms with Crippen LogP contribution in [-0.2, 0) is 19.5 Å². The smallest absolute Gasteiger partial charge is 0.191 e. The number of halogens is 1. The van der Waals surface area contributed by atoms with Gasteiger partial charge in [-0.15, -0.1) is 24.0 Å². The molecule has 0 amide bonds. The lowest BCUT2D eigenvalue weighted by Gasteiger charge is -2.25. The summed E-state index contributed by atoms with van der Waals surface area (Å²) in [7, 11) is 3.48. The van der Waals surface area contributed by atoms with Crippen molar-refractivity contribution in [3.05, 3.63) is 35.4 Å². The lowest BCUT2D eigenvalue weighted by atomic mass is 10.1. The third-order valence-corrected chi connectivity index (χ3v) is 5.84. The van der Waals surface area contributed by atoms with Crippen LogP contribution in [0.4, 0.5) is 0 Å². The molecule has 170 valence electrons. The largest absolute Gasteiger partial charge is 0.497 e. The fourth-order valence-corrected chi connectivity index (χ4v) is 4.22. The SMILES string of the molecule is CN=C(NCc1ccc(OC)cc1OC1CCCC1)NC1CCc2nc(C)nn2C1.I. The van der Waals surface area contributed by atoms with E-state index in [1.165, 1.54) is 12.8 Å². The molecule has 1 aliphatic heterocycles. The molecule has 31 heavy (non-hydrogen) atoms. The Hall–Kier alpha value is -2.04. The third kappa shape index (κ3) is 6.02. The number of nitrogens with zero attached hydrogens (tertiary/aromatic N) is 4. The van der Waals surface area contributed by atoms with Crippen LogP contribution in [0.25, 0.3) is 0 Å². The maximum atomic E-state index is 6.31. The third-order valence-electron chi connectivity index (χ3n) is 5.84. The minimum Gasteiger partial charge on any atom is -0.497 e. The van der Waals surface area contributed by atoms with Crippen LogP contribution in [0, 0.1) is 6.92 Å². The van der Waals surface area contributed by atoms with Crippen LogP contribution in [0.2, 0.25) is 0 Å². The Labute approximate surface area is 201 Å². The first-order chi connectivity index (χ1) is 14.6. The van der Waals surface area contributed by atoms with Gasteiger partial charge in [0, 0.05) is 37.7 Å². The van der Waals surface area contributed by atoms with Crippen LogP contribution in [0.5, 0.6) is 11.5 Å². The molecule has 0 radical (unpaired) electrons. The van der Waals surface area contributed by atoms with Crippen LogP contribution < -0.4 is 20.1 Å². The number of hydrogen-bond donors (Lipinski definition) is 2. The first kappa shape index (κ1) is 23.6. The summed E-state index contributed by atoms with van der Waals surface area (Å²) < 4.78 is 13.7. The molecule has 1 aliphatic carbocycles. The number of rotatable bonds is 6. The minimum atomic E-state index is 0. The molecule has 2 aliphatic rings. The topological polar surface area (TPSA) is 85.6 Å². The van der Waals surface area contributed by atoms with Crippen molar-refractivity contribution >= 4 is 29.9 Å². The summed E-state index contributed by atoms with van der Waals surface area (Å²) in [5.74, 6) is 4.39. The molecule has 2 heterocycles. The van der Waals surface area contributed by atoms with E-state index in [2.05, 4.69) is 31.8 Å². The van der Waals surface area contributed by atoms with Crippen LogP contribution in [-0.4, -0.2) is 47.0 Å². The number of aryl methyl sites for hydroxylation is 2. The predicted octanol–water partition coefficient (Wildman–Crippen LogP) is 3.21. The highest BCUT2D eigenvalue weighted by molar-refractivity contribution is 14.0. The zero-order chi connectivity index (χ0) is 20.9. The van der Waals surface area contributed by atoms with Crippen LogP contribution in [0.3, 0.4) is 0 Å². The fraction of sp³-hybridized carbons (Fsp3) is 0.591. The summed E-state index contributed by atoms with van der Waals surface area (Å²) in [5, 5.41) is 11.4. The molecule has 2 N–H and O–H groups in total. The summed E-state index contributed by atoms with van der Waals surface area (Å²) in [6.45, 7) is 3.37.